The van der Waals surface area contributed by atoms with E-state index >= 15 is 0 Å². The molecule has 0 saturated heterocycles. The van der Waals surface area contributed by atoms with Crippen molar-refractivity contribution in [1.29, 1.82) is 0 Å². The summed E-state index contributed by atoms with van der Waals surface area (Å²) in [5.74, 6) is -0.330. The Morgan fingerprint density at radius 3 is 2.50 bits per heavy atom. The highest BCUT2D eigenvalue weighted by atomic mass is 32.2. The summed E-state index contributed by atoms with van der Waals surface area (Å²) in [6.45, 7) is 1.64. The molecule has 0 amide bonds. The van der Waals surface area contributed by atoms with E-state index in [-0.39, 0.29) is 16.4 Å². The predicted octanol–water partition coefficient (Wildman–Crippen LogP) is 2.11. The Kier molecular flexibility index (Phi) is 3.65. The third-order valence-electron chi connectivity index (χ3n) is 2.86. The van der Waals surface area contributed by atoms with Crippen molar-refractivity contribution in [2.45, 2.75) is 11.8 Å². The molecule has 0 aromatic heterocycles. The number of primary sulfonamides is 1. The third-order valence-corrected chi connectivity index (χ3v) is 3.85. The molecule has 0 aliphatic rings. The first-order valence-electron chi connectivity index (χ1n) is 5.73. The minimum absolute atomic E-state index is 0.0338. The number of anilines is 3. The van der Waals surface area contributed by atoms with Gasteiger partial charge in [-0.3, -0.25) is 0 Å². The van der Waals surface area contributed by atoms with E-state index in [1.165, 1.54) is 24.3 Å². The highest BCUT2D eigenvalue weighted by Gasteiger charge is 2.12. The van der Waals surface area contributed by atoms with E-state index in [0.29, 0.717) is 16.9 Å². The molecule has 0 unspecified atom stereocenters. The van der Waals surface area contributed by atoms with Gasteiger partial charge in [0.2, 0.25) is 10.0 Å². The van der Waals surface area contributed by atoms with Gasteiger partial charge in [-0.15, -0.1) is 0 Å². The van der Waals surface area contributed by atoms with E-state index in [2.05, 4.69) is 5.32 Å². The summed E-state index contributed by atoms with van der Waals surface area (Å²) >= 11 is 0. The van der Waals surface area contributed by atoms with Gasteiger partial charge < -0.3 is 11.1 Å². The van der Waals surface area contributed by atoms with Crippen LogP contribution in [0.3, 0.4) is 0 Å². The first kappa shape index (κ1) is 14.3. The summed E-state index contributed by atoms with van der Waals surface area (Å²) in [4.78, 5) is -0.140. The fourth-order valence-electron chi connectivity index (χ4n) is 1.78. The summed E-state index contributed by atoms with van der Waals surface area (Å²) in [5, 5.41) is 8.00. The smallest absolute Gasteiger partial charge is 0.240 e. The Hall–Kier alpha value is -2.12. The molecule has 0 aliphatic heterocycles. The zero-order valence-corrected chi connectivity index (χ0v) is 11.5. The lowest BCUT2D eigenvalue weighted by atomic mass is 10.2. The average molecular weight is 295 g/mol. The van der Waals surface area contributed by atoms with Crippen LogP contribution in [0.5, 0.6) is 0 Å². The van der Waals surface area contributed by atoms with Crippen LogP contribution in [0.1, 0.15) is 5.56 Å². The standard InChI is InChI=1S/C13H14FN3O2S/c1-8-10(14)3-2-4-12(8)17-9-5-6-13(11(15)7-9)20(16,18)19/h2-7,17H,15H2,1H3,(H2,16,18,19). The molecule has 7 heteroatoms. The van der Waals surface area contributed by atoms with Gasteiger partial charge in [-0.05, 0) is 37.3 Å². The molecule has 0 fully saturated rings. The molecule has 2 rings (SSSR count). The van der Waals surface area contributed by atoms with Crippen LogP contribution in [0, 0.1) is 12.7 Å². The van der Waals surface area contributed by atoms with Crippen LogP contribution in [0.25, 0.3) is 0 Å². The lowest BCUT2D eigenvalue weighted by Gasteiger charge is -2.12. The van der Waals surface area contributed by atoms with E-state index in [1.807, 2.05) is 0 Å². The number of benzene rings is 2. The number of nitrogens with one attached hydrogen (secondary N) is 1. The topological polar surface area (TPSA) is 98.2 Å². The molecule has 2 aromatic rings. The van der Waals surface area contributed by atoms with Gasteiger partial charge in [-0.25, -0.2) is 17.9 Å². The van der Waals surface area contributed by atoms with Crippen molar-refractivity contribution in [3.63, 3.8) is 0 Å². The molecule has 0 atom stereocenters. The largest absolute Gasteiger partial charge is 0.398 e. The summed E-state index contributed by atoms with van der Waals surface area (Å²) in [7, 11) is -3.85. The van der Waals surface area contributed by atoms with Gasteiger partial charge in [0.1, 0.15) is 10.7 Å². The highest BCUT2D eigenvalue weighted by molar-refractivity contribution is 7.89. The first-order chi connectivity index (χ1) is 9.29. The fraction of sp³-hybridized carbons (Fsp3) is 0.0769. The van der Waals surface area contributed by atoms with Crippen LogP contribution in [0.2, 0.25) is 0 Å². The summed E-state index contributed by atoms with van der Waals surface area (Å²) < 4.78 is 35.9. The zero-order valence-electron chi connectivity index (χ0n) is 10.7. The maximum absolute atomic E-state index is 13.4. The van der Waals surface area contributed by atoms with Crippen LogP contribution in [0.4, 0.5) is 21.5 Å². The second-order valence-electron chi connectivity index (χ2n) is 4.34. The fourth-order valence-corrected chi connectivity index (χ4v) is 2.43. The van der Waals surface area contributed by atoms with Crippen molar-refractivity contribution in [3.05, 3.63) is 47.8 Å². The van der Waals surface area contributed by atoms with Gasteiger partial charge in [0.05, 0.1) is 5.69 Å². The van der Waals surface area contributed by atoms with E-state index in [1.54, 1.807) is 19.1 Å². The first-order valence-corrected chi connectivity index (χ1v) is 7.28. The average Bonchev–Trinajstić information content (AvgIpc) is 2.33. The minimum atomic E-state index is -3.85. The molecule has 2 aromatic carbocycles. The SMILES string of the molecule is Cc1c(F)cccc1Nc1ccc(S(N)(=O)=O)c(N)c1. The molecule has 5 nitrogen and oxygen atoms in total. The Morgan fingerprint density at radius 2 is 1.90 bits per heavy atom. The van der Waals surface area contributed by atoms with Crippen molar-refractivity contribution >= 4 is 27.1 Å². The minimum Gasteiger partial charge on any atom is -0.398 e. The van der Waals surface area contributed by atoms with Crippen molar-refractivity contribution in [2.24, 2.45) is 5.14 Å². The maximum atomic E-state index is 13.4. The molecule has 0 bridgehead atoms. The zero-order chi connectivity index (χ0) is 14.9. The van der Waals surface area contributed by atoms with Crippen LogP contribution in [-0.4, -0.2) is 8.42 Å². The number of sulfonamides is 1. The quantitative estimate of drug-likeness (QED) is 0.755. The monoisotopic (exact) mass is 295 g/mol. The van der Waals surface area contributed by atoms with Crippen molar-refractivity contribution in [3.8, 4) is 0 Å². The Labute approximate surface area is 116 Å². The Morgan fingerprint density at radius 1 is 1.20 bits per heavy atom. The number of nitrogen functional groups attached to an aromatic ring is 1. The van der Waals surface area contributed by atoms with Crippen molar-refractivity contribution in [1.82, 2.24) is 0 Å². The van der Waals surface area contributed by atoms with Gasteiger partial charge >= 0.3 is 0 Å². The van der Waals surface area contributed by atoms with Crippen LogP contribution in [-0.2, 0) is 10.0 Å². The molecule has 0 saturated carbocycles. The van der Waals surface area contributed by atoms with E-state index in [0.717, 1.165) is 0 Å². The number of nitrogens with two attached hydrogens (primary N) is 2. The molecule has 0 spiro atoms. The van der Waals surface area contributed by atoms with Gasteiger partial charge in [-0.1, -0.05) is 6.07 Å². The number of halogens is 1. The summed E-state index contributed by atoms with van der Waals surface area (Å²) in [6.07, 6.45) is 0. The maximum Gasteiger partial charge on any atom is 0.240 e. The predicted molar refractivity (Wildman–Crippen MR) is 76.6 cm³/mol. The third kappa shape index (κ3) is 2.89. The molecule has 0 heterocycles. The molecule has 20 heavy (non-hydrogen) atoms. The molecule has 106 valence electrons. The van der Waals surface area contributed by atoms with Gasteiger partial charge in [0.25, 0.3) is 0 Å². The lowest BCUT2D eigenvalue weighted by molar-refractivity contribution is 0.598. The van der Waals surface area contributed by atoms with Gasteiger partial charge in [0.15, 0.2) is 0 Å². The van der Waals surface area contributed by atoms with Crippen molar-refractivity contribution in [2.75, 3.05) is 11.1 Å². The van der Waals surface area contributed by atoms with Crippen LogP contribution >= 0.6 is 0 Å². The van der Waals surface area contributed by atoms with Crippen molar-refractivity contribution < 1.29 is 12.8 Å². The molecule has 0 radical (unpaired) electrons. The molecular weight excluding hydrogens is 281 g/mol. The molecule has 5 N–H and O–H groups in total. The number of hydrogen-bond donors (Lipinski definition) is 3. The Bertz CT molecular complexity index is 760. The van der Waals surface area contributed by atoms with Crippen LogP contribution < -0.4 is 16.2 Å². The summed E-state index contributed by atoms with van der Waals surface area (Å²) in [6, 6.07) is 8.90. The molecular formula is C13H14FN3O2S. The van der Waals surface area contributed by atoms with E-state index in [9.17, 15) is 12.8 Å². The lowest BCUT2D eigenvalue weighted by Crippen LogP contribution is -2.14. The second kappa shape index (κ2) is 5.10. The van der Waals surface area contributed by atoms with E-state index in [4.69, 9.17) is 10.9 Å². The second-order valence-corrected chi connectivity index (χ2v) is 5.86. The van der Waals surface area contributed by atoms with E-state index < -0.39 is 10.0 Å². The van der Waals surface area contributed by atoms with Crippen LogP contribution in [0.15, 0.2) is 41.3 Å². The van der Waals surface area contributed by atoms with Gasteiger partial charge in [-0.2, -0.15) is 0 Å². The molecule has 0 aliphatic carbocycles. The highest BCUT2D eigenvalue weighted by Crippen LogP contribution is 2.26. The Balaban J connectivity index is 2.36. The van der Waals surface area contributed by atoms with Gasteiger partial charge in [0, 0.05) is 16.9 Å². The number of rotatable bonds is 3. The number of hydrogen-bond acceptors (Lipinski definition) is 4. The normalized spacial score (nSPS) is 11.3. The summed E-state index contributed by atoms with van der Waals surface area (Å²) in [5.41, 5.74) is 7.27.